The molecule has 32 heavy (non-hydrogen) atoms. The van der Waals surface area contributed by atoms with Gasteiger partial charge in [0.25, 0.3) is 0 Å². The second-order valence-electron chi connectivity index (χ2n) is 7.59. The summed E-state index contributed by atoms with van der Waals surface area (Å²) in [6.07, 6.45) is 7.92. The summed E-state index contributed by atoms with van der Waals surface area (Å²) in [6, 6.07) is 6.33. The third-order valence-corrected chi connectivity index (χ3v) is 6.69. The molecule has 0 spiro atoms. The average Bonchev–Trinajstić information content (AvgIpc) is 3.31. The fraction of sp³-hybridized carbons (Fsp3) is 0.364. The van der Waals surface area contributed by atoms with Crippen LogP contribution in [0.3, 0.4) is 0 Å². The van der Waals surface area contributed by atoms with Crippen LogP contribution in [-0.4, -0.2) is 33.0 Å². The van der Waals surface area contributed by atoms with Crippen molar-refractivity contribution >= 4 is 45.6 Å². The Hall–Kier alpha value is -2.85. The molecule has 2 N–H and O–H groups in total. The normalized spacial score (nSPS) is 13.6. The summed E-state index contributed by atoms with van der Waals surface area (Å²) in [6.45, 7) is 0.386. The van der Waals surface area contributed by atoms with Crippen LogP contribution in [0, 0.1) is 5.82 Å². The van der Waals surface area contributed by atoms with Crippen molar-refractivity contribution in [2.24, 2.45) is 0 Å². The number of hydrogen-bond donors (Lipinski definition) is 2. The van der Waals surface area contributed by atoms with Gasteiger partial charge in [-0.3, -0.25) is 5.32 Å². The van der Waals surface area contributed by atoms with E-state index in [-0.39, 0.29) is 16.9 Å². The number of nitrogens with zero attached hydrogens (tertiary/aromatic N) is 3. The summed E-state index contributed by atoms with van der Waals surface area (Å²) < 4.78 is 20.0. The van der Waals surface area contributed by atoms with E-state index in [2.05, 4.69) is 20.7 Å². The quantitative estimate of drug-likeness (QED) is 0.408. The lowest BCUT2D eigenvalue weighted by molar-refractivity contribution is 0.0601. The molecule has 168 valence electrons. The highest BCUT2D eigenvalue weighted by atomic mass is 32.1. The number of halogens is 1. The number of ether oxygens (including phenoxy) is 1. The average molecular weight is 474 g/mol. The van der Waals surface area contributed by atoms with Gasteiger partial charge in [0, 0.05) is 4.88 Å². The number of carbonyl (C=O) groups excluding carboxylic acids is 1. The number of thiophene rings is 1. The first-order valence-electron chi connectivity index (χ1n) is 10.5. The number of hydrogen-bond acceptors (Lipinski definition) is 6. The SMILES string of the molecule is COC(=O)c1c(NC(=S)Nc2ncn(Cc3cccc(F)c3)n2)sc2c1CCCCCC2. The smallest absolute Gasteiger partial charge is 0.341 e. The van der Waals surface area contributed by atoms with Gasteiger partial charge in [-0.2, -0.15) is 0 Å². The van der Waals surface area contributed by atoms with Gasteiger partial charge in [-0.25, -0.2) is 18.9 Å². The van der Waals surface area contributed by atoms with Gasteiger partial charge in [-0.1, -0.05) is 25.0 Å². The Morgan fingerprint density at radius 1 is 1.25 bits per heavy atom. The van der Waals surface area contributed by atoms with Crippen molar-refractivity contribution in [1.29, 1.82) is 0 Å². The highest BCUT2D eigenvalue weighted by molar-refractivity contribution is 7.80. The number of anilines is 2. The molecule has 0 radical (unpaired) electrons. The Balaban J connectivity index is 1.47. The monoisotopic (exact) mass is 473 g/mol. The van der Waals surface area contributed by atoms with Gasteiger partial charge < -0.3 is 10.1 Å². The predicted molar refractivity (Wildman–Crippen MR) is 127 cm³/mol. The zero-order valence-corrected chi connectivity index (χ0v) is 19.3. The number of rotatable bonds is 5. The molecule has 0 fully saturated rings. The lowest BCUT2D eigenvalue weighted by Gasteiger charge is -2.11. The predicted octanol–water partition coefficient (Wildman–Crippen LogP) is 4.78. The molecule has 0 saturated carbocycles. The van der Waals surface area contributed by atoms with Crippen molar-refractivity contribution in [1.82, 2.24) is 14.8 Å². The fourth-order valence-electron chi connectivity index (χ4n) is 3.81. The Morgan fingerprint density at radius 3 is 2.84 bits per heavy atom. The van der Waals surface area contributed by atoms with Crippen LogP contribution in [0.15, 0.2) is 30.6 Å². The van der Waals surface area contributed by atoms with Gasteiger partial charge in [-0.05, 0) is 61.2 Å². The molecule has 0 saturated heterocycles. The molecule has 0 aliphatic heterocycles. The Bertz CT molecular complexity index is 1130. The molecule has 0 unspecified atom stereocenters. The Labute approximate surface area is 195 Å². The standard InChI is InChI=1S/C22H24FN5O2S2/c1-30-20(29)18-16-9-4-2-3-5-10-17(16)32-19(18)25-22(31)26-21-24-13-28(27-21)12-14-7-6-8-15(23)11-14/h6-8,11,13H,2-5,9-10,12H2,1H3,(H2,25,26,27,31). The number of benzene rings is 1. The molecule has 0 atom stereocenters. The maximum absolute atomic E-state index is 13.4. The van der Waals surface area contributed by atoms with Crippen LogP contribution in [0.1, 0.15) is 52.0 Å². The second-order valence-corrected chi connectivity index (χ2v) is 9.10. The van der Waals surface area contributed by atoms with Crippen LogP contribution in [-0.2, 0) is 24.1 Å². The van der Waals surface area contributed by atoms with Crippen LogP contribution in [0.5, 0.6) is 0 Å². The van der Waals surface area contributed by atoms with Crippen molar-refractivity contribution < 1.29 is 13.9 Å². The number of esters is 1. The number of aryl methyl sites for hydroxylation is 1. The molecule has 1 aliphatic rings. The molecular weight excluding hydrogens is 449 g/mol. The topological polar surface area (TPSA) is 81.1 Å². The van der Waals surface area contributed by atoms with E-state index in [4.69, 9.17) is 17.0 Å². The van der Waals surface area contributed by atoms with E-state index in [1.165, 1.54) is 37.0 Å². The minimum Gasteiger partial charge on any atom is -0.465 e. The second kappa shape index (κ2) is 10.2. The first-order valence-corrected chi connectivity index (χ1v) is 11.7. The largest absolute Gasteiger partial charge is 0.465 e. The summed E-state index contributed by atoms with van der Waals surface area (Å²) in [4.78, 5) is 18.0. The van der Waals surface area contributed by atoms with Crippen molar-refractivity contribution in [3.63, 3.8) is 0 Å². The third-order valence-electron chi connectivity index (χ3n) is 5.28. The summed E-state index contributed by atoms with van der Waals surface area (Å²) in [7, 11) is 1.39. The molecule has 2 heterocycles. The molecule has 0 amide bonds. The third kappa shape index (κ3) is 5.31. The van der Waals surface area contributed by atoms with Crippen molar-refractivity contribution in [2.45, 2.75) is 45.1 Å². The highest BCUT2D eigenvalue weighted by Crippen LogP contribution is 2.37. The maximum Gasteiger partial charge on any atom is 0.341 e. The number of fused-ring (bicyclic) bond motifs is 1. The number of aromatic nitrogens is 3. The zero-order valence-electron chi connectivity index (χ0n) is 17.7. The van der Waals surface area contributed by atoms with Gasteiger partial charge in [-0.15, -0.1) is 16.4 Å². The molecule has 0 bridgehead atoms. The summed E-state index contributed by atoms with van der Waals surface area (Å²) in [5.74, 6) is -0.336. The van der Waals surface area contributed by atoms with Crippen LogP contribution in [0.2, 0.25) is 0 Å². The molecule has 7 nitrogen and oxygen atoms in total. The highest BCUT2D eigenvalue weighted by Gasteiger charge is 2.25. The first-order chi connectivity index (χ1) is 15.5. The minimum atomic E-state index is -0.356. The fourth-order valence-corrected chi connectivity index (χ4v) is 5.35. The van der Waals surface area contributed by atoms with Gasteiger partial charge in [0.15, 0.2) is 5.11 Å². The number of methoxy groups -OCH3 is 1. The Morgan fingerprint density at radius 2 is 2.06 bits per heavy atom. The molecule has 1 aromatic carbocycles. The van der Waals surface area contributed by atoms with Crippen molar-refractivity contribution in [3.8, 4) is 0 Å². The van der Waals surface area contributed by atoms with Gasteiger partial charge in [0.05, 0.1) is 19.2 Å². The number of nitrogens with one attached hydrogen (secondary N) is 2. The summed E-state index contributed by atoms with van der Waals surface area (Å²) in [5.41, 5.74) is 2.42. The molecule has 1 aliphatic carbocycles. The number of thiocarbonyl (C=S) groups is 1. The van der Waals surface area contributed by atoms with E-state index in [0.717, 1.165) is 36.8 Å². The Kier molecular flexibility index (Phi) is 7.11. The first kappa shape index (κ1) is 22.3. The summed E-state index contributed by atoms with van der Waals surface area (Å²) in [5, 5.41) is 11.4. The molecular formula is C22H24FN5O2S2. The summed E-state index contributed by atoms with van der Waals surface area (Å²) >= 11 is 7.00. The van der Waals surface area contributed by atoms with E-state index in [1.54, 1.807) is 28.4 Å². The lowest BCUT2D eigenvalue weighted by Crippen LogP contribution is -2.21. The maximum atomic E-state index is 13.4. The van der Waals surface area contributed by atoms with Crippen LogP contribution in [0.4, 0.5) is 15.3 Å². The van der Waals surface area contributed by atoms with Gasteiger partial charge in [0.2, 0.25) is 5.95 Å². The van der Waals surface area contributed by atoms with Crippen LogP contribution < -0.4 is 10.6 Å². The molecule has 10 heteroatoms. The van der Waals surface area contributed by atoms with Crippen LogP contribution >= 0.6 is 23.6 Å². The van der Waals surface area contributed by atoms with Crippen molar-refractivity contribution in [3.05, 3.63) is 58.0 Å². The lowest BCUT2D eigenvalue weighted by atomic mass is 9.96. The van der Waals surface area contributed by atoms with Crippen LogP contribution in [0.25, 0.3) is 0 Å². The molecule has 4 rings (SSSR count). The number of carbonyl (C=O) groups is 1. The van der Waals surface area contributed by atoms with E-state index in [9.17, 15) is 9.18 Å². The molecule has 2 aromatic heterocycles. The van der Waals surface area contributed by atoms with Gasteiger partial charge >= 0.3 is 5.97 Å². The van der Waals surface area contributed by atoms with E-state index >= 15 is 0 Å². The minimum absolute atomic E-state index is 0.285. The van der Waals surface area contributed by atoms with E-state index < -0.39 is 0 Å². The van der Waals surface area contributed by atoms with E-state index in [0.29, 0.717) is 23.1 Å². The van der Waals surface area contributed by atoms with E-state index in [1.807, 2.05) is 6.07 Å². The zero-order chi connectivity index (χ0) is 22.5. The molecule has 3 aromatic rings. The van der Waals surface area contributed by atoms with Gasteiger partial charge in [0.1, 0.15) is 17.1 Å². The van der Waals surface area contributed by atoms with Crippen molar-refractivity contribution in [2.75, 3.05) is 17.7 Å².